The van der Waals surface area contributed by atoms with Gasteiger partial charge in [-0.05, 0) is 64.9 Å². The SMILES string of the molecule is COc1ccc(C(C)(C)CC(C)(c2ccc(OC)cc2)c2ccc(OC)cc2)cc1. The van der Waals surface area contributed by atoms with Crippen molar-refractivity contribution in [2.24, 2.45) is 0 Å². The van der Waals surface area contributed by atoms with Crippen molar-refractivity contribution < 1.29 is 14.2 Å². The molecule has 0 heterocycles. The Labute approximate surface area is 180 Å². The van der Waals surface area contributed by atoms with E-state index in [1.807, 2.05) is 36.4 Å². The third-order valence-corrected chi connectivity index (χ3v) is 6.12. The molecule has 3 heteroatoms. The van der Waals surface area contributed by atoms with Gasteiger partial charge in [0.25, 0.3) is 0 Å². The van der Waals surface area contributed by atoms with Crippen LogP contribution in [0.3, 0.4) is 0 Å². The van der Waals surface area contributed by atoms with Gasteiger partial charge in [-0.15, -0.1) is 0 Å². The topological polar surface area (TPSA) is 27.7 Å². The zero-order chi connectivity index (χ0) is 21.8. The minimum Gasteiger partial charge on any atom is -0.497 e. The molecule has 0 fully saturated rings. The van der Waals surface area contributed by atoms with Crippen molar-refractivity contribution in [3.8, 4) is 17.2 Å². The van der Waals surface area contributed by atoms with E-state index in [-0.39, 0.29) is 10.8 Å². The molecule has 3 aromatic carbocycles. The maximum absolute atomic E-state index is 5.38. The minimum absolute atomic E-state index is 0.0547. The molecule has 0 aliphatic heterocycles. The molecule has 0 bridgehead atoms. The fourth-order valence-electron chi connectivity index (χ4n) is 4.32. The molecule has 0 aliphatic carbocycles. The van der Waals surface area contributed by atoms with Gasteiger partial charge in [-0.3, -0.25) is 0 Å². The van der Waals surface area contributed by atoms with Gasteiger partial charge in [-0.2, -0.15) is 0 Å². The quantitative estimate of drug-likeness (QED) is 0.436. The Bertz CT molecular complexity index is 891. The lowest BCUT2D eigenvalue weighted by Crippen LogP contribution is -2.33. The number of rotatable bonds is 8. The number of methoxy groups -OCH3 is 3. The van der Waals surface area contributed by atoms with Crippen molar-refractivity contribution in [1.82, 2.24) is 0 Å². The molecule has 3 rings (SSSR count). The molecular weight excluding hydrogens is 372 g/mol. The predicted molar refractivity (Wildman–Crippen MR) is 123 cm³/mol. The maximum Gasteiger partial charge on any atom is 0.118 e. The van der Waals surface area contributed by atoms with E-state index in [1.54, 1.807) is 21.3 Å². The zero-order valence-corrected chi connectivity index (χ0v) is 18.9. The van der Waals surface area contributed by atoms with Crippen molar-refractivity contribution in [2.75, 3.05) is 21.3 Å². The fraction of sp³-hybridized carbons (Fsp3) is 0.333. The second-order valence-corrected chi connectivity index (χ2v) is 8.58. The number of hydrogen-bond donors (Lipinski definition) is 0. The van der Waals surface area contributed by atoms with Crippen LogP contribution in [-0.2, 0) is 10.8 Å². The van der Waals surface area contributed by atoms with Crippen LogP contribution in [0.4, 0.5) is 0 Å². The summed E-state index contributed by atoms with van der Waals surface area (Å²) in [6, 6.07) is 25.3. The first-order chi connectivity index (χ1) is 14.3. The van der Waals surface area contributed by atoms with Crippen LogP contribution in [-0.4, -0.2) is 21.3 Å². The first-order valence-corrected chi connectivity index (χ1v) is 10.3. The van der Waals surface area contributed by atoms with Crippen LogP contribution >= 0.6 is 0 Å². The highest BCUT2D eigenvalue weighted by Crippen LogP contribution is 2.44. The van der Waals surface area contributed by atoms with Gasteiger partial charge in [-0.25, -0.2) is 0 Å². The van der Waals surface area contributed by atoms with Crippen molar-refractivity contribution in [1.29, 1.82) is 0 Å². The summed E-state index contributed by atoms with van der Waals surface area (Å²) >= 11 is 0. The highest BCUT2D eigenvalue weighted by Gasteiger charge is 2.36. The molecule has 0 unspecified atom stereocenters. The summed E-state index contributed by atoms with van der Waals surface area (Å²) in [4.78, 5) is 0. The molecule has 0 amide bonds. The van der Waals surface area contributed by atoms with Crippen molar-refractivity contribution >= 4 is 0 Å². The average Bonchev–Trinajstić information content (AvgIpc) is 2.79. The van der Waals surface area contributed by atoms with Crippen LogP contribution in [0.15, 0.2) is 72.8 Å². The van der Waals surface area contributed by atoms with Crippen molar-refractivity contribution in [3.05, 3.63) is 89.5 Å². The smallest absolute Gasteiger partial charge is 0.118 e. The molecule has 0 atom stereocenters. The maximum atomic E-state index is 5.38. The van der Waals surface area contributed by atoms with E-state index in [0.29, 0.717) is 0 Å². The summed E-state index contributed by atoms with van der Waals surface area (Å²) < 4.78 is 16.1. The Balaban J connectivity index is 2.04. The average molecular weight is 405 g/mol. The molecule has 0 radical (unpaired) electrons. The summed E-state index contributed by atoms with van der Waals surface area (Å²) in [5, 5.41) is 0. The summed E-state index contributed by atoms with van der Waals surface area (Å²) in [7, 11) is 5.10. The van der Waals surface area contributed by atoms with Gasteiger partial charge in [0.05, 0.1) is 21.3 Å². The molecular formula is C27H32O3. The van der Waals surface area contributed by atoms with E-state index in [9.17, 15) is 0 Å². The van der Waals surface area contributed by atoms with E-state index in [2.05, 4.69) is 57.2 Å². The van der Waals surface area contributed by atoms with Crippen molar-refractivity contribution in [3.63, 3.8) is 0 Å². The third-order valence-electron chi connectivity index (χ3n) is 6.12. The second kappa shape index (κ2) is 8.83. The summed E-state index contributed by atoms with van der Waals surface area (Å²) in [5.74, 6) is 2.61. The second-order valence-electron chi connectivity index (χ2n) is 8.58. The largest absolute Gasteiger partial charge is 0.497 e. The molecule has 0 aromatic heterocycles. The molecule has 30 heavy (non-hydrogen) atoms. The van der Waals surface area contributed by atoms with Gasteiger partial charge in [0.15, 0.2) is 0 Å². The van der Waals surface area contributed by atoms with Crippen molar-refractivity contribution in [2.45, 2.75) is 38.0 Å². The Morgan fingerprint density at radius 2 is 0.800 bits per heavy atom. The Hall–Kier alpha value is -2.94. The van der Waals surface area contributed by atoms with Gasteiger partial charge < -0.3 is 14.2 Å². The van der Waals surface area contributed by atoms with E-state index < -0.39 is 0 Å². The molecule has 3 nitrogen and oxygen atoms in total. The Morgan fingerprint density at radius 1 is 0.500 bits per heavy atom. The van der Waals surface area contributed by atoms with Gasteiger partial charge >= 0.3 is 0 Å². The van der Waals surface area contributed by atoms with Crippen LogP contribution < -0.4 is 14.2 Å². The lowest BCUT2D eigenvalue weighted by molar-refractivity contribution is 0.367. The Morgan fingerprint density at radius 3 is 1.10 bits per heavy atom. The summed E-state index contributed by atoms with van der Waals surface area (Å²) in [5.41, 5.74) is 3.56. The molecule has 0 saturated heterocycles. The minimum atomic E-state index is -0.192. The normalized spacial score (nSPS) is 11.8. The van der Waals surface area contributed by atoms with Gasteiger partial charge in [0.1, 0.15) is 17.2 Å². The number of ether oxygens (including phenoxy) is 3. The standard InChI is InChI=1S/C27H32O3/c1-26(2,20-7-13-23(28-4)14-8-20)19-27(3,21-9-15-24(29-5)16-10-21)22-11-17-25(30-6)18-12-22/h7-18H,19H2,1-6H3. The summed E-state index contributed by atoms with van der Waals surface area (Å²) in [6.45, 7) is 6.93. The van der Waals surface area contributed by atoms with E-state index in [0.717, 1.165) is 23.7 Å². The van der Waals surface area contributed by atoms with Crippen LogP contribution in [0.5, 0.6) is 17.2 Å². The number of hydrogen-bond acceptors (Lipinski definition) is 3. The number of benzene rings is 3. The molecule has 0 aliphatic rings. The fourth-order valence-corrected chi connectivity index (χ4v) is 4.32. The molecule has 3 aromatic rings. The van der Waals surface area contributed by atoms with E-state index in [1.165, 1.54) is 16.7 Å². The zero-order valence-electron chi connectivity index (χ0n) is 18.9. The lowest BCUT2D eigenvalue weighted by Gasteiger charge is -2.39. The monoisotopic (exact) mass is 404 g/mol. The predicted octanol–water partition coefficient (Wildman–Crippen LogP) is 6.39. The van der Waals surface area contributed by atoms with Crippen LogP contribution in [0.2, 0.25) is 0 Å². The summed E-state index contributed by atoms with van der Waals surface area (Å²) in [6.07, 6.45) is 0.936. The molecule has 0 N–H and O–H groups in total. The van der Waals surface area contributed by atoms with E-state index >= 15 is 0 Å². The van der Waals surface area contributed by atoms with Gasteiger partial charge in [0, 0.05) is 5.41 Å². The van der Waals surface area contributed by atoms with Crippen LogP contribution in [0.1, 0.15) is 43.9 Å². The lowest BCUT2D eigenvalue weighted by atomic mass is 9.64. The molecule has 0 spiro atoms. The first-order valence-electron chi connectivity index (χ1n) is 10.3. The van der Waals surface area contributed by atoms with Gasteiger partial charge in [-0.1, -0.05) is 57.2 Å². The highest BCUT2D eigenvalue weighted by molar-refractivity contribution is 5.44. The Kier molecular flexibility index (Phi) is 6.40. The molecule has 0 saturated carbocycles. The third kappa shape index (κ3) is 4.46. The van der Waals surface area contributed by atoms with Crippen LogP contribution in [0, 0.1) is 0 Å². The van der Waals surface area contributed by atoms with E-state index in [4.69, 9.17) is 14.2 Å². The highest BCUT2D eigenvalue weighted by atomic mass is 16.5. The molecule has 158 valence electrons. The van der Waals surface area contributed by atoms with Crippen LogP contribution in [0.25, 0.3) is 0 Å². The first kappa shape index (κ1) is 21.8. The van der Waals surface area contributed by atoms with Gasteiger partial charge in [0.2, 0.25) is 0 Å².